The van der Waals surface area contributed by atoms with Gasteiger partial charge in [-0.1, -0.05) is 0 Å². The van der Waals surface area contributed by atoms with Crippen molar-refractivity contribution in [3.8, 4) is 11.4 Å². The van der Waals surface area contributed by atoms with Crippen molar-refractivity contribution in [2.24, 2.45) is 7.05 Å². The van der Waals surface area contributed by atoms with E-state index in [0.29, 0.717) is 5.69 Å². The fraction of sp³-hybridized carbons (Fsp3) is 0.200. The van der Waals surface area contributed by atoms with Crippen LogP contribution in [0.4, 0.5) is 0 Å². The summed E-state index contributed by atoms with van der Waals surface area (Å²) in [5, 5.41) is 6.68. The number of carbonyl (C=O) groups is 1. The number of methoxy groups -OCH3 is 1. The molecule has 0 aromatic carbocycles. The number of carbonyl (C=O) groups excluding carboxylic acids is 1. The van der Waals surface area contributed by atoms with E-state index in [2.05, 4.69) is 14.9 Å². The molecule has 0 amide bonds. The van der Waals surface area contributed by atoms with Crippen molar-refractivity contribution >= 4 is 5.97 Å². The van der Waals surface area contributed by atoms with Gasteiger partial charge in [0.2, 0.25) is 0 Å². The largest absolute Gasteiger partial charge is 0.464 e. The number of hydrogen-bond acceptors (Lipinski definition) is 3. The van der Waals surface area contributed by atoms with E-state index in [1.54, 1.807) is 6.07 Å². The number of ether oxygens (including phenoxy) is 1. The van der Waals surface area contributed by atoms with Gasteiger partial charge in [0, 0.05) is 19.3 Å². The van der Waals surface area contributed by atoms with E-state index >= 15 is 0 Å². The van der Waals surface area contributed by atoms with Crippen LogP contribution >= 0.6 is 0 Å². The van der Waals surface area contributed by atoms with Gasteiger partial charge in [-0.3, -0.25) is 5.10 Å². The molecule has 5 nitrogen and oxygen atoms in total. The maximum Gasteiger partial charge on any atom is 0.356 e. The predicted molar refractivity (Wildman–Crippen MR) is 54.3 cm³/mol. The number of aromatic amines is 1. The number of nitrogens with zero attached hydrogens (tertiary/aromatic N) is 2. The first kappa shape index (κ1) is 9.51. The number of esters is 1. The second kappa shape index (κ2) is 3.61. The van der Waals surface area contributed by atoms with Crippen LogP contribution in [-0.4, -0.2) is 27.8 Å². The summed E-state index contributed by atoms with van der Waals surface area (Å²) in [6.07, 6.45) is 1.92. The van der Waals surface area contributed by atoms with Crippen LogP contribution in [0.25, 0.3) is 11.4 Å². The first-order chi connectivity index (χ1) is 7.22. The Hall–Kier alpha value is -2.04. The van der Waals surface area contributed by atoms with E-state index in [-0.39, 0.29) is 0 Å². The molecule has 2 heterocycles. The zero-order valence-corrected chi connectivity index (χ0v) is 8.52. The van der Waals surface area contributed by atoms with Gasteiger partial charge in [-0.05, 0) is 12.1 Å². The lowest BCUT2D eigenvalue weighted by atomic mass is 10.3. The van der Waals surface area contributed by atoms with Crippen molar-refractivity contribution in [3.05, 3.63) is 30.1 Å². The van der Waals surface area contributed by atoms with Gasteiger partial charge < -0.3 is 9.30 Å². The first-order valence-electron chi connectivity index (χ1n) is 4.48. The Morgan fingerprint density at radius 3 is 3.00 bits per heavy atom. The lowest BCUT2D eigenvalue weighted by Crippen LogP contribution is -2.00. The molecule has 1 N–H and O–H groups in total. The van der Waals surface area contributed by atoms with E-state index in [0.717, 1.165) is 11.4 Å². The Kier molecular flexibility index (Phi) is 2.29. The number of hydrogen-bond donors (Lipinski definition) is 1. The van der Waals surface area contributed by atoms with Crippen LogP contribution in [0.1, 0.15) is 10.5 Å². The minimum atomic E-state index is -0.414. The lowest BCUT2D eigenvalue weighted by molar-refractivity contribution is 0.0594. The molecule has 2 rings (SSSR count). The summed E-state index contributed by atoms with van der Waals surface area (Å²) < 4.78 is 6.51. The zero-order valence-electron chi connectivity index (χ0n) is 8.52. The molecule has 0 saturated heterocycles. The van der Waals surface area contributed by atoms with E-state index in [9.17, 15) is 4.79 Å². The van der Waals surface area contributed by atoms with E-state index < -0.39 is 5.97 Å². The van der Waals surface area contributed by atoms with Gasteiger partial charge in [-0.2, -0.15) is 5.10 Å². The number of H-pyrrole nitrogens is 1. The predicted octanol–water partition coefficient (Wildman–Crippen LogP) is 1.20. The Morgan fingerprint density at radius 1 is 1.60 bits per heavy atom. The third-order valence-electron chi connectivity index (χ3n) is 2.19. The molecule has 0 aliphatic rings. The maximum absolute atomic E-state index is 11.2. The summed E-state index contributed by atoms with van der Waals surface area (Å²) in [4.78, 5) is 11.2. The summed E-state index contributed by atoms with van der Waals surface area (Å²) in [6.45, 7) is 0. The third kappa shape index (κ3) is 1.63. The number of aryl methyl sites for hydroxylation is 1. The Morgan fingerprint density at radius 2 is 2.40 bits per heavy atom. The molecule has 0 aliphatic carbocycles. The quantitative estimate of drug-likeness (QED) is 0.749. The molecule has 5 heteroatoms. The van der Waals surface area contributed by atoms with Gasteiger partial charge in [-0.25, -0.2) is 4.79 Å². The number of aromatic nitrogens is 3. The fourth-order valence-electron chi connectivity index (χ4n) is 1.39. The van der Waals surface area contributed by atoms with Gasteiger partial charge in [0.1, 0.15) is 11.4 Å². The van der Waals surface area contributed by atoms with Gasteiger partial charge in [0.25, 0.3) is 0 Å². The van der Waals surface area contributed by atoms with Crippen LogP contribution in [0.5, 0.6) is 0 Å². The second-order valence-electron chi connectivity index (χ2n) is 3.16. The molecule has 0 atom stereocenters. The highest BCUT2D eigenvalue weighted by molar-refractivity contribution is 5.88. The summed E-state index contributed by atoms with van der Waals surface area (Å²) >= 11 is 0. The smallest absolute Gasteiger partial charge is 0.356 e. The second-order valence-corrected chi connectivity index (χ2v) is 3.16. The summed E-state index contributed by atoms with van der Waals surface area (Å²) in [6, 6.07) is 5.51. The van der Waals surface area contributed by atoms with Gasteiger partial charge >= 0.3 is 5.97 Å². The summed E-state index contributed by atoms with van der Waals surface area (Å²) in [5.41, 5.74) is 2.03. The summed E-state index contributed by atoms with van der Waals surface area (Å²) in [7, 11) is 3.26. The highest BCUT2D eigenvalue weighted by Crippen LogP contribution is 2.17. The fourth-order valence-corrected chi connectivity index (χ4v) is 1.39. The normalized spacial score (nSPS) is 10.3. The Bertz CT molecular complexity index is 484. The molecule has 0 spiro atoms. The minimum Gasteiger partial charge on any atom is -0.464 e. The molecule has 2 aromatic rings. The average Bonchev–Trinajstić information content (AvgIpc) is 2.84. The van der Waals surface area contributed by atoms with Crippen molar-refractivity contribution in [1.82, 2.24) is 14.8 Å². The molecule has 15 heavy (non-hydrogen) atoms. The molecule has 0 aliphatic heterocycles. The van der Waals surface area contributed by atoms with Crippen molar-refractivity contribution in [2.45, 2.75) is 0 Å². The molecule has 0 bridgehead atoms. The lowest BCUT2D eigenvalue weighted by Gasteiger charge is -1.96. The van der Waals surface area contributed by atoms with Crippen molar-refractivity contribution in [3.63, 3.8) is 0 Å². The topological polar surface area (TPSA) is 59.9 Å². The molecule has 2 aromatic heterocycles. The van der Waals surface area contributed by atoms with E-state index in [1.165, 1.54) is 7.11 Å². The van der Waals surface area contributed by atoms with Gasteiger partial charge in [-0.15, -0.1) is 0 Å². The molecule has 0 saturated carbocycles. The summed E-state index contributed by atoms with van der Waals surface area (Å²) in [5.74, 6) is -0.414. The Labute approximate surface area is 86.7 Å². The molecular formula is C10H11N3O2. The highest BCUT2D eigenvalue weighted by atomic mass is 16.5. The van der Waals surface area contributed by atoms with Crippen LogP contribution < -0.4 is 0 Å². The standard InChI is InChI=1S/C10H11N3O2/c1-13-5-3-4-9(13)7-6-8(12-11-7)10(14)15-2/h3-6H,1-2H3,(H,11,12). The zero-order chi connectivity index (χ0) is 10.8. The van der Waals surface area contributed by atoms with Crippen molar-refractivity contribution in [1.29, 1.82) is 0 Å². The molecule has 0 radical (unpaired) electrons. The van der Waals surface area contributed by atoms with Crippen LogP contribution in [-0.2, 0) is 11.8 Å². The number of nitrogens with one attached hydrogen (secondary N) is 1. The number of rotatable bonds is 2. The van der Waals surface area contributed by atoms with Gasteiger partial charge in [0.15, 0.2) is 0 Å². The minimum absolute atomic E-state index is 0.355. The van der Waals surface area contributed by atoms with Crippen LogP contribution in [0.2, 0.25) is 0 Å². The van der Waals surface area contributed by atoms with Crippen molar-refractivity contribution in [2.75, 3.05) is 7.11 Å². The monoisotopic (exact) mass is 205 g/mol. The van der Waals surface area contributed by atoms with E-state index in [1.807, 2.05) is 29.9 Å². The highest BCUT2D eigenvalue weighted by Gasteiger charge is 2.11. The maximum atomic E-state index is 11.2. The average molecular weight is 205 g/mol. The molecule has 0 fully saturated rings. The molecular weight excluding hydrogens is 194 g/mol. The Balaban J connectivity index is 2.36. The van der Waals surface area contributed by atoms with Crippen LogP contribution in [0.15, 0.2) is 24.4 Å². The SMILES string of the molecule is COC(=O)c1cc(-c2cccn2C)n[nH]1. The first-order valence-corrected chi connectivity index (χ1v) is 4.48. The third-order valence-corrected chi connectivity index (χ3v) is 2.19. The van der Waals surface area contributed by atoms with Crippen LogP contribution in [0.3, 0.4) is 0 Å². The van der Waals surface area contributed by atoms with E-state index in [4.69, 9.17) is 0 Å². The van der Waals surface area contributed by atoms with Gasteiger partial charge in [0.05, 0.1) is 12.8 Å². The molecule has 78 valence electrons. The van der Waals surface area contributed by atoms with Crippen LogP contribution in [0, 0.1) is 0 Å². The van der Waals surface area contributed by atoms with Crippen molar-refractivity contribution < 1.29 is 9.53 Å². The molecule has 0 unspecified atom stereocenters.